The summed E-state index contributed by atoms with van der Waals surface area (Å²) in [4.78, 5) is 24.2. The van der Waals surface area contributed by atoms with E-state index >= 15 is 0 Å². The van der Waals surface area contributed by atoms with E-state index in [0.717, 1.165) is 16.6 Å². The van der Waals surface area contributed by atoms with Crippen molar-refractivity contribution in [3.8, 4) is 0 Å². The second kappa shape index (κ2) is 14.9. The third-order valence-corrected chi connectivity index (χ3v) is 8.06. The lowest BCUT2D eigenvalue weighted by atomic mass is 10.1. The molecule has 5 aromatic rings. The van der Waals surface area contributed by atoms with E-state index in [4.69, 9.17) is 11.5 Å². The molecule has 47 heavy (non-hydrogen) atoms. The fourth-order valence-corrected chi connectivity index (χ4v) is 5.34. The molecule has 1 heterocycles. The van der Waals surface area contributed by atoms with Crippen LogP contribution in [0.2, 0.25) is 0 Å². The van der Waals surface area contributed by atoms with Crippen molar-refractivity contribution in [3.63, 3.8) is 0 Å². The second-order valence-corrected chi connectivity index (χ2v) is 12.3. The average molecular weight is 778 g/mol. The van der Waals surface area contributed by atoms with Gasteiger partial charge in [0, 0.05) is 62.1 Å². The van der Waals surface area contributed by atoms with E-state index in [1.807, 2.05) is 4.57 Å². The van der Waals surface area contributed by atoms with E-state index in [-0.39, 0.29) is 41.0 Å². The van der Waals surface area contributed by atoms with E-state index in [2.05, 4.69) is 37.2 Å². The number of nitrogens with one attached hydrogen (secondary N) is 1. The number of carbonyl (C=O) groups excluding carboxylic acids is 1. The number of nitrogen functional groups attached to an aromatic ring is 2. The predicted molar refractivity (Wildman–Crippen MR) is 180 cm³/mol. The molecule has 0 aliphatic carbocycles. The molecule has 0 saturated carbocycles. The number of nitrogens with two attached hydrogens (primary N) is 2. The number of aromatic nitrogens is 1. The summed E-state index contributed by atoms with van der Waals surface area (Å²) in [6.07, 6.45) is 1.21. The molecule has 1 aromatic heterocycles. The van der Waals surface area contributed by atoms with Gasteiger partial charge in [-0.2, -0.15) is 0 Å². The van der Waals surface area contributed by atoms with Crippen molar-refractivity contribution >= 4 is 59.9 Å². The third kappa shape index (κ3) is 8.66. The van der Waals surface area contributed by atoms with Gasteiger partial charge in [0.2, 0.25) is 0 Å². The highest BCUT2D eigenvalue weighted by Gasteiger charge is 2.14. The fraction of sp³-hybridized carbons (Fsp3) is 0.118. The second-order valence-electron chi connectivity index (χ2n) is 10.5. The Balaban J connectivity index is 0.000000213. The Labute approximate surface area is 283 Å². The fourth-order valence-electron chi connectivity index (χ4n) is 4.65. The molecule has 0 unspecified atom stereocenters. The smallest absolute Gasteiger partial charge is 0.190 e. The molecule has 5 N–H and O–H groups in total. The molecule has 0 saturated heterocycles. The zero-order chi connectivity index (χ0) is 34.6. The SMILES string of the molecule is C/C(=C/C(=O)c1ccc(Br)cc1F)NCc1cc(F)cc(F)c1N.Cc1cc(=O)c2ccc(Br)cc2n1Cc1cc(F)cc(F)c1N. The normalized spacial score (nSPS) is 11.3. The first-order chi connectivity index (χ1) is 22.1. The van der Waals surface area contributed by atoms with Gasteiger partial charge in [-0.15, -0.1) is 0 Å². The van der Waals surface area contributed by atoms with Gasteiger partial charge < -0.3 is 21.4 Å². The number of fused-ring (bicyclic) bond motifs is 1. The molecule has 13 heteroatoms. The summed E-state index contributed by atoms with van der Waals surface area (Å²) in [5.41, 5.74) is 13.2. The number of benzene rings is 4. The lowest BCUT2D eigenvalue weighted by molar-refractivity contribution is 0.104. The van der Waals surface area contributed by atoms with Crippen LogP contribution in [-0.2, 0) is 13.1 Å². The van der Waals surface area contributed by atoms with Gasteiger partial charge in [0.25, 0.3) is 0 Å². The molecule has 0 spiro atoms. The zero-order valence-electron chi connectivity index (χ0n) is 24.9. The van der Waals surface area contributed by atoms with Gasteiger partial charge in [-0.05, 0) is 67.9 Å². The maximum Gasteiger partial charge on any atom is 0.190 e. The van der Waals surface area contributed by atoms with Crippen molar-refractivity contribution in [2.75, 3.05) is 11.5 Å². The van der Waals surface area contributed by atoms with Crippen molar-refractivity contribution in [2.45, 2.75) is 26.9 Å². The number of hydrogen-bond donors (Lipinski definition) is 3. The number of rotatable bonds is 7. The van der Waals surface area contributed by atoms with Crippen LogP contribution in [0.4, 0.5) is 33.3 Å². The number of pyridine rings is 1. The van der Waals surface area contributed by atoms with Crippen molar-refractivity contribution in [3.05, 3.63) is 149 Å². The largest absolute Gasteiger partial charge is 0.396 e. The molecule has 0 fully saturated rings. The third-order valence-electron chi connectivity index (χ3n) is 7.07. The molecular weight excluding hydrogens is 751 g/mol. The zero-order valence-corrected chi connectivity index (χ0v) is 28.1. The molecule has 0 radical (unpaired) electrons. The summed E-state index contributed by atoms with van der Waals surface area (Å²) in [6, 6.07) is 14.7. The minimum atomic E-state index is -0.846. The summed E-state index contributed by atoms with van der Waals surface area (Å²) in [5.74, 6) is -4.23. The first kappa shape index (κ1) is 35.4. The highest BCUT2D eigenvalue weighted by Crippen LogP contribution is 2.24. The first-order valence-electron chi connectivity index (χ1n) is 13.8. The number of halogens is 7. The number of hydrogen-bond acceptors (Lipinski definition) is 5. The van der Waals surface area contributed by atoms with Gasteiger partial charge in [0.1, 0.15) is 29.1 Å². The summed E-state index contributed by atoms with van der Waals surface area (Å²) in [7, 11) is 0. The topological polar surface area (TPSA) is 103 Å². The molecule has 5 rings (SSSR count). The Hall–Kier alpha value is -4.49. The number of anilines is 2. The van der Waals surface area contributed by atoms with Crippen LogP contribution >= 0.6 is 31.9 Å². The van der Waals surface area contributed by atoms with Crippen LogP contribution in [0.15, 0.2) is 92.2 Å². The molecule has 4 aromatic carbocycles. The summed E-state index contributed by atoms with van der Waals surface area (Å²) in [6.45, 7) is 3.55. The highest BCUT2D eigenvalue weighted by molar-refractivity contribution is 9.10. The summed E-state index contributed by atoms with van der Waals surface area (Å²) in [5, 5.41) is 3.36. The minimum Gasteiger partial charge on any atom is -0.396 e. The molecule has 244 valence electrons. The number of aryl methyl sites for hydroxylation is 1. The van der Waals surface area contributed by atoms with Gasteiger partial charge in [-0.25, -0.2) is 22.0 Å². The molecule has 6 nitrogen and oxygen atoms in total. The molecule has 0 amide bonds. The Morgan fingerprint density at radius 3 is 2.02 bits per heavy atom. The van der Waals surface area contributed by atoms with Gasteiger partial charge in [-0.1, -0.05) is 31.9 Å². The average Bonchev–Trinajstić information content (AvgIpc) is 2.98. The van der Waals surface area contributed by atoms with Crippen LogP contribution in [0.1, 0.15) is 34.1 Å². The Bertz CT molecular complexity index is 2100. The van der Waals surface area contributed by atoms with E-state index < -0.39 is 34.9 Å². The predicted octanol–water partition coefficient (Wildman–Crippen LogP) is 8.31. The summed E-state index contributed by atoms with van der Waals surface area (Å²) >= 11 is 6.49. The van der Waals surface area contributed by atoms with Gasteiger partial charge >= 0.3 is 0 Å². The van der Waals surface area contributed by atoms with Crippen molar-refractivity contribution < 1.29 is 26.7 Å². The van der Waals surface area contributed by atoms with Crippen molar-refractivity contribution in [2.24, 2.45) is 0 Å². The standard InChI is InChI=1S/C17H14BrF3N2O.C17H13BrF2N2O/c1-9(4-16(24)13-3-2-11(18)6-14(13)20)23-8-10-5-12(19)7-15(21)17(10)22;1-9-4-16(23)13-3-2-11(18)6-15(13)22(9)8-10-5-12(19)7-14(20)17(10)21/h2-7,23H,8,22H2,1H3;2-7H,8,21H2,1H3/b9-4-;. The van der Waals surface area contributed by atoms with Crippen LogP contribution in [0.3, 0.4) is 0 Å². The van der Waals surface area contributed by atoms with E-state index in [1.54, 1.807) is 38.1 Å². The van der Waals surface area contributed by atoms with Crippen LogP contribution in [0.5, 0.6) is 0 Å². The van der Waals surface area contributed by atoms with Crippen molar-refractivity contribution in [1.82, 2.24) is 9.88 Å². The quantitative estimate of drug-likeness (QED) is 0.0668. The van der Waals surface area contributed by atoms with Crippen LogP contribution < -0.4 is 22.2 Å². The van der Waals surface area contributed by atoms with Crippen molar-refractivity contribution in [1.29, 1.82) is 0 Å². The maximum absolute atomic E-state index is 13.7. The monoisotopic (exact) mass is 776 g/mol. The van der Waals surface area contributed by atoms with Crippen LogP contribution in [0, 0.1) is 36.0 Å². The van der Waals surface area contributed by atoms with Gasteiger partial charge in [0.15, 0.2) is 11.2 Å². The van der Waals surface area contributed by atoms with E-state index in [1.165, 1.54) is 30.3 Å². The van der Waals surface area contributed by atoms with Gasteiger partial charge in [-0.3, -0.25) is 9.59 Å². The Morgan fingerprint density at radius 2 is 1.38 bits per heavy atom. The summed E-state index contributed by atoms with van der Waals surface area (Å²) < 4.78 is 70.6. The molecule has 0 atom stereocenters. The Morgan fingerprint density at radius 1 is 0.809 bits per heavy atom. The molecular formula is C34H27Br2F5N4O2. The highest BCUT2D eigenvalue weighted by atomic mass is 79.9. The Kier molecular flexibility index (Phi) is 11.2. The molecule has 0 aliphatic heterocycles. The minimum absolute atomic E-state index is 0.0267. The lowest BCUT2D eigenvalue weighted by Gasteiger charge is -2.16. The molecule has 0 bridgehead atoms. The number of nitrogens with zero attached hydrogens (tertiary/aromatic N) is 1. The van der Waals surface area contributed by atoms with E-state index in [0.29, 0.717) is 38.4 Å². The number of allylic oxidation sites excluding steroid dienone is 2. The first-order valence-corrected chi connectivity index (χ1v) is 15.4. The maximum atomic E-state index is 13.7. The van der Waals surface area contributed by atoms with Crippen LogP contribution in [0.25, 0.3) is 10.9 Å². The molecule has 0 aliphatic rings. The van der Waals surface area contributed by atoms with E-state index in [9.17, 15) is 31.5 Å². The lowest BCUT2D eigenvalue weighted by Crippen LogP contribution is -2.14. The number of carbonyl (C=O) groups is 1. The number of ketones is 1. The van der Waals surface area contributed by atoms with Crippen LogP contribution in [-0.4, -0.2) is 10.4 Å². The van der Waals surface area contributed by atoms with Gasteiger partial charge in [0.05, 0.1) is 29.0 Å².